The number of nitrogens with one attached hydrogen (secondary N) is 1. The smallest absolute Gasteiger partial charge is 0.181 e. The summed E-state index contributed by atoms with van der Waals surface area (Å²) in [6.07, 6.45) is -0.675. The summed E-state index contributed by atoms with van der Waals surface area (Å²) in [7, 11) is 1.47. The van der Waals surface area contributed by atoms with Crippen LogP contribution in [0.3, 0.4) is 0 Å². The molecule has 1 heterocycles. The van der Waals surface area contributed by atoms with E-state index in [2.05, 4.69) is 5.32 Å². The maximum Gasteiger partial charge on any atom is 0.181 e. The molecule has 0 aliphatic carbocycles. The van der Waals surface area contributed by atoms with Crippen LogP contribution in [0.1, 0.15) is 17.2 Å². The zero-order chi connectivity index (χ0) is 11.0. The highest BCUT2D eigenvalue weighted by atomic mass is 16.5. The highest BCUT2D eigenvalue weighted by Crippen LogP contribution is 2.40. The van der Waals surface area contributed by atoms with Crippen LogP contribution >= 0.6 is 0 Å². The summed E-state index contributed by atoms with van der Waals surface area (Å²) in [5.41, 5.74) is 7.42. The maximum absolute atomic E-state index is 9.74. The lowest BCUT2D eigenvalue weighted by Crippen LogP contribution is -2.28. The number of phenols is 1. The molecule has 5 heteroatoms. The molecule has 5 N–H and O–H groups in total. The number of nitrogens with two attached hydrogens (primary N) is 1. The van der Waals surface area contributed by atoms with Gasteiger partial charge in [0.05, 0.1) is 18.9 Å². The Hall–Kier alpha value is -1.46. The van der Waals surface area contributed by atoms with E-state index < -0.39 is 6.10 Å². The zero-order valence-electron chi connectivity index (χ0n) is 8.45. The standard InChI is InChI=1S/C10H14N2O3/c1-15-7-2-5-3-12-4-6(13)8(5)9(11)10(7)14/h2,6,12-14H,3-4,11H2,1H3/t6-/m1/s1. The zero-order valence-corrected chi connectivity index (χ0v) is 8.45. The number of β-amino-alcohol motifs (C(OH)–C–C–N with tert-alkyl or cyclic N) is 1. The number of fused-ring (bicyclic) bond motifs is 1. The number of hydrogen-bond acceptors (Lipinski definition) is 5. The molecule has 0 spiro atoms. The van der Waals surface area contributed by atoms with Crippen LogP contribution in [0.25, 0.3) is 0 Å². The van der Waals surface area contributed by atoms with Crippen molar-refractivity contribution in [1.29, 1.82) is 0 Å². The van der Waals surface area contributed by atoms with Gasteiger partial charge in [0.25, 0.3) is 0 Å². The fraction of sp³-hybridized carbons (Fsp3) is 0.400. The average Bonchev–Trinajstić information content (AvgIpc) is 2.23. The van der Waals surface area contributed by atoms with Crippen LogP contribution in [0.4, 0.5) is 5.69 Å². The van der Waals surface area contributed by atoms with E-state index in [-0.39, 0.29) is 11.4 Å². The lowest BCUT2D eigenvalue weighted by Gasteiger charge is -2.25. The van der Waals surface area contributed by atoms with Crippen LogP contribution in [0.15, 0.2) is 6.07 Å². The molecule has 0 fully saturated rings. The fourth-order valence-corrected chi connectivity index (χ4v) is 1.88. The Bertz CT molecular complexity index is 393. The van der Waals surface area contributed by atoms with Gasteiger partial charge < -0.3 is 26.0 Å². The molecule has 1 atom stereocenters. The molecule has 1 aromatic rings. The monoisotopic (exact) mass is 210 g/mol. The summed E-state index contributed by atoms with van der Waals surface area (Å²) in [6, 6.07) is 1.69. The Morgan fingerprint density at radius 2 is 2.33 bits per heavy atom. The van der Waals surface area contributed by atoms with Crippen molar-refractivity contribution in [2.75, 3.05) is 19.4 Å². The number of phenolic OH excluding ortho intramolecular Hbond substituents is 1. The molecule has 0 bridgehead atoms. The number of aliphatic hydroxyl groups excluding tert-OH is 1. The summed E-state index contributed by atoms with van der Waals surface area (Å²) in [6.45, 7) is 1.07. The largest absolute Gasteiger partial charge is 0.503 e. The number of benzene rings is 1. The van der Waals surface area contributed by atoms with Crippen LogP contribution in [-0.2, 0) is 6.54 Å². The first-order valence-corrected chi connectivity index (χ1v) is 4.72. The van der Waals surface area contributed by atoms with Crippen LogP contribution in [0.5, 0.6) is 11.5 Å². The summed E-state index contributed by atoms with van der Waals surface area (Å²) >= 11 is 0. The van der Waals surface area contributed by atoms with Gasteiger partial charge in [-0.05, 0) is 11.6 Å². The highest BCUT2D eigenvalue weighted by Gasteiger charge is 2.24. The van der Waals surface area contributed by atoms with Crippen LogP contribution in [0.2, 0.25) is 0 Å². The first-order valence-electron chi connectivity index (χ1n) is 4.72. The SMILES string of the molecule is COc1cc2c(c(N)c1O)[C@H](O)CNC2. The molecular weight excluding hydrogens is 196 g/mol. The normalized spacial score (nSPS) is 19.7. The van der Waals surface area contributed by atoms with Crippen LogP contribution in [0, 0.1) is 0 Å². The molecule has 1 aliphatic heterocycles. The molecule has 0 amide bonds. The number of nitrogen functional groups attached to an aromatic ring is 1. The van der Waals surface area contributed by atoms with Crippen molar-refractivity contribution in [3.63, 3.8) is 0 Å². The highest BCUT2D eigenvalue weighted by molar-refractivity contribution is 5.68. The van der Waals surface area contributed by atoms with E-state index in [1.54, 1.807) is 6.07 Å². The van der Waals surface area contributed by atoms with E-state index in [0.717, 1.165) is 5.56 Å². The van der Waals surface area contributed by atoms with Crippen LogP contribution < -0.4 is 15.8 Å². The Morgan fingerprint density at radius 1 is 1.60 bits per heavy atom. The predicted molar refractivity (Wildman–Crippen MR) is 55.7 cm³/mol. The lowest BCUT2D eigenvalue weighted by atomic mass is 9.96. The molecule has 82 valence electrons. The van der Waals surface area contributed by atoms with Crippen molar-refractivity contribution in [2.24, 2.45) is 0 Å². The molecule has 0 unspecified atom stereocenters. The van der Waals surface area contributed by atoms with Gasteiger partial charge in [-0.2, -0.15) is 0 Å². The number of rotatable bonds is 1. The third kappa shape index (κ3) is 1.49. The number of aliphatic hydroxyl groups is 1. The van der Waals surface area contributed by atoms with Gasteiger partial charge in [0.1, 0.15) is 0 Å². The van der Waals surface area contributed by atoms with E-state index in [1.165, 1.54) is 7.11 Å². The molecule has 2 rings (SSSR count). The Labute approximate surface area is 87.5 Å². The van der Waals surface area contributed by atoms with Crippen molar-refractivity contribution >= 4 is 5.69 Å². The lowest BCUT2D eigenvalue weighted by molar-refractivity contribution is 0.165. The van der Waals surface area contributed by atoms with Crippen molar-refractivity contribution in [3.8, 4) is 11.5 Å². The van der Waals surface area contributed by atoms with Crippen molar-refractivity contribution < 1.29 is 14.9 Å². The molecule has 5 nitrogen and oxygen atoms in total. The number of ether oxygens (including phenoxy) is 1. The van der Waals surface area contributed by atoms with Gasteiger partial charge in [0.2, 0.25) is 0 Å². The molecule has 0 aromatic heterocycles. The van der Waals surface area contributed by atoms with Crippen molar-refractivity contribution in [3.05, 3.63) is 17.2 Å². The minimum Gasteiger partial charge on any atom is -0.503 e. The molecule has 15 heavy (non-hydrogen) atoms. The summed E-state index contributed by atoms with van der Waals surface area (Å²) in [5, 5.41) is 22.5. The number of hydrogen-bond donors (Lipinski definition) is 4. The van der Waals surface area contributed by atoms with E-state index in [0.29, 0.717) is 24.4 Å². The van der Waals surface area contributed by atoms with Crippen molar-refractivity contribution in [1.82, 2.24) is 5.32 Å². The maximum atomic E-state index is 9.74. The number of methoxy groups -OCH3 is 1. The third-order valence-electron chi connectivity index (χ3n) is 2.64. The molecule has 0 saturated carbocycles. The van der Waals surface area contributed by atoms with E-state index in [1.807, 2.05) is 0 Å². The second-order valence-corrected chi connectivity index (χ2v) is 3.56. The first-order chi connectivity index (χ1) is 7.15. The molecule has 0 radical (unpaired) electrons. The van der Waals surface area contributed by atoms with Gasteiger partial charge in [-0.15, -0.1) is 0 Å². The summed E-state index contributed by atoms with van der Waals surface area (Å²) < 4.78 is 4.99. The Morgan fingerprint density at radius 3 is 3.00 bits per heavy atom. The topological polar surface area (TPSA) is 87.7 Å². The molecular formula is C10H14N2O3. The van der Waals surface area contributed by atoms with Gasteiger partial charge in [-0.3, -0.25) is 0 Å². The van der Waals surface area contributed by atoms with Gasteiger partial charge in [-0.25, -0.2) is 0 Å². The van der Waals surface area contributed by atoms with Gasteiger partial charge in [0, 0.05) is 18.7 Å². The minimum absolute atomic E-state index is 0.0998. The molecule has 0 saturated heterocycles. The van der Waals surface area contributed by atoms with Gasteiger partial charge in [-0.1, -0.05) is 0 Å². The number of anilines is 1. The van der Waals surface area contributed by atoms with Crippen molar-refractivity contribution in [2.45, 2.75) is 12.6 Å². The predicted octanol–water partition coefficient (Wildman–Crippen LogP) is 0.120. The minimum atomic E-state index is -0.675. The third-order valence-corrected chi connectivity index (χ3v) is 2.64. The van der Waals surface area contributed by atoms with Gasteiger partial charge >= 0.3 is 0 Å². The summed E-state index contributed by atoms with van der Waals surface area (Å²) in [5.74, 6) is 0.236. The summed E-state index contributed by atoms with van der Waals surface area (Å²) in [4.78, 5) is 0. The fourth-order valence-electron chi connectivity index (χ4n) is 1.88. The van der Waals surface area contributed by atoms with Gasteiger partial charge in [0.15, 0.2) is 11.5 Å². The number of aromatic hydroxyl groups is 1. The quantitative estimate of drug-likeness (QED) is 0.390. The van der Waals surface area contributed by atoms with Crippen LogP contribution in [-0.4, -0.2) is 23.9 Å². The second kappa shape index (κ2) is 3.60. The van der Waals surface area contributed by atoms with E-state index in [4.69, 9.17) is 10.5 Å². The average molecular weight is 210 g/mol. The molecule has 1 aromatic carbocycles. The molecule has 1 aliphatic rings. The first kappa shape index (κ1) is 10.1. The van der Waals surface area contributed by atoms with E-state index >= 15 is 0 Å². The van der Waals surface area contributed by atoms with E-state index in [9.17, 15) is 10.2 Å². The second-order valence-electron chi connectivity index (χ2n) is 3.56. The Kier molecular flexibility index (Phi) is 2.42. The Balaban J connectivity index is 2.61.